The number of esters is 1. The molecule has 98 valence electrons. The van der Waals surface area contributed by atoms with Crippen LogP contribution in [0, 0.1) is 0 Å². The van der Waals surface area contributed by atoms with Gasteiger partial charge in [0.2, 0.25) is 5.91 Å². The van der Waals surface area contributed by atoms with Crippen LogP contribution in [0.25, 0.3) is 0 Å². The Hall–Kier alpha value is -1.14. The van der Waals surface area contributed by atoms with Crippen molar-refractivity contribution >= 4 is 11.9 Å². The van der Waals surface area contributed by atoms with Crippen LogP contribution < -0.4 is 5.73 Å². The minimum atomic E-state index is -0.442. The summed E-state index contributed by atoms with van der Waals surface area (Å²) < 4.78 is 9.75. The molecule has 0 radical (unpaired) electrons. The highest BCUT2D eigenvalue weighted by molar-refractivity contribution is 5.85. The summed E-state index contributed by atoms with van der Waals surface area (Å²) in [6.07, 6.45) is 1.41. The van der Waals surface area contributed by atoms with Gasteiger partial charge in [-0.05, 0) is 12.8 Å². The number of amides is 1. The van der Waals surface area contributed by atoms with Crippen LogP contribution in [0.4, 0.5) is 0 Å². The predicted molar refractivity (Wildman–Crippen MR) is 61.2 cm³/mol. The number of nitrogens with two attached hydrogens (primary N) is 1. The molecule has 2 atom stereocenters. The second-order valence-electron chi connectivity index (χ2n) is 4.07. The van der Waals surface area contributed by atoms with Crippen molar-refractivity contribution in [2.24, 2.45) is 5.73 Å². The van der Waals surface area contributed by atoms with Crippen molar-refractivity contribution in [2.75, 3.05) is 27.3 Å². The highest BCUT2D eigenvalue weighted by Gasteiger charge is 2.35. The van der Waals surface area contributed by atoms with Gasteiger partial charge in [-0.15, -0.1) is 0 Å². The van der Waals surface area contributed by atoms with Crippen molar-refractivity contribution in [3.8, 4) is 0 Å². The van der Waals surface area contributed by atoms with Crippen LogP contribution in [0.15, 0.2) is 0 Å². The first-order valence-corrected chi connectivity index (χ1v) is 5.74. The largest absolute Gasteiger partial charge is 0.467 e. The van der Waals surface area contributed by atoms with Gasteiger partial charge in [0.25, 0.3) is 0 Å². The molecule has 0 aliphatic carbocycles. The molecule has 1 amide bonds. The Labute approximate surface area is 101 Å². The number of hydrogen-bond acceptors (Lipinski definition) is 5. The van der Waals surface area contributed by atoms with E-state index in [0.717, 1.165) is 6.42 Å². The van der Waals surface area contributed by atoms with Crippen LogP contribution >= 0.6 is 0 Å². The maximum Gasteiger partial charge on any atom is 0.328 e. The predicted octanol–water partition coefficient (Wildman–Crippen LogP) is -0.486. The fourth-order valence-electron chi connectivity index (χ4n) is 2.02. The van der Waals surface area contributed by atoms with Gasteiger partial charge < -0.3 is 20.1 Å². The van der Waals surface area contributed by atoms with Crippen LogP contribution in [-0.2, 0) is 19.1 Å². The van der Waals surface area contributed by atoms with E-state index in [9.17, 15) is 9.59 Å². The lowest BCUT2D eigenvalue weighted by atomic mass is 10.2. The first-order valence-electron chi connectivity index (χ1n) is 5.74. The normalized spacial score (nSPS) is 21.4. The van der Waals surface area contributed by atoms with Gasteiger partial charge >= 0.3 is 5.97 Å². The van der Waals surface area contributed by atoms with Crippen molar-refractivity contribution in [1.82, 2.24) is 4.90 Å². The first-order chi connectivity index (χ1) is 8.13. The molecule has 17 heavy (non-hydrogen) atoms. The molecule has 2 N–H and O–H groups in total. The summed E-state index contributed by atoms with van der Waals surface area (Å²) in [6, 6.07) is -0.442. The van der Waals surface area contributed by atoms with Crippen molar-refractivity contribution < 1.29 is 19.1 Å². The standard InChI is InChI=1S/C11H20N2O4/c1-16-8(7-12)6-10(14)13-5-3-4-9(13)11(15)17-2/h8-9H,3-7,12H2,1-2H3. The van der Waals surface area contributed by atoms with Crippen molar-refractivity contribution in [3.63, 3.8) is 0 Å². The summed E-state index contributed by atoms with van der Waals surface area (Å²) in [5, 5.41) is 0. The molecule has 0 saturated carbocycles. The summed E-state index contributed by atoms with van der Waals surface area (Å²) in [5.41, 5.74) is 5.46. The zero-order valence-electron chi connectivity index (χ0n) is 10.3. The molecule has 1 heterocycles. The smallest absolute Gasteiger partial charge is 0.328 e. The number of likely N-dealkylation sites (tertiary alicyclic amines) is 1. The SMILES string of the molecule is COC(=O)C1CCCN1C(=O)CC(CN)OC. The molecule has 1 fully saturated rings. The van der Waals surface area contributed by atoms with Crippen LogP contribution in [0.2, 0.25) is 0 Å². The number of methoxy groups -OCH3 is 2. The summed E-state index contributed by atoms with van der Waals surface area (Å²) in [6.45, 7) is 0.887. The lowest BCUT2D eigenvalue weighted by molar-refractivity contribution is -0.151. The van der Waals surface area contributed by atoms with Gasteiger partial charge in [0.05, 0.1) is 19.6 Å². The van der Waals surface area contributed by atoms with E-state index in [1.807, 2.05) is 0 Å². The number of rotatable bonds is 5. The molecule has 1 rings (SSSR count). The quantitative estimate of drug-likeness (QED) is 0.660. The molecule has 2 unspecified atom stereocenters. The molecule has 6 heteroatoms. The van der Waals surface area contributed by atoms with Crippen LogP contribution in [0.5, 0.6) is 0 Å². The second kappa shape index (κ2) is 6.56. The highest BCUT2D eigenvalue weighted by atomic mass is 16.5. The van der Waals surface area contributed by atoms with E-state index < -0.39 is 6.04 Å². The van der Waals surface area contributed by atoms with E-state index in [-0.39, 0.29) is 24.4 Å². The van der Waals surface area contributed by atoms with E-state index in [2.05, 4.69) is 4.74 Å². The highest BCUT2D eigenvalue weighted by Crippen LogP contribution is 2.19. The zero-order chi connectivity index (χ0) is 12.8. The maximum atomic E-state index is 12.0. The van der Waals surface area contributed by atoms with E-state index in [1.54, 1.807) is 4.90 Å². The second-order valence-corrected chi connectivity index (χ2v) is 4.07. The Bertz CT molecular complexity index is 279. The molecule has 1 saturated heterocycles. The number of ether oxygens (including phenoxy) is 2. The third kappa shape index (κ3) is 3.41. The Balaban J connectivity index is 2.58. The van der Waals surface area contributed by atoms with E-state index in [4.69, 9.17) is 10.5 Å². The molecule has 0 aromatic carbocycles. The Morgan fingerprint density at radius 3 is 2.71 bits per heavy atom. The molecule has 1 aliphatic rings. The minimum absolute atomic E-state index is 0.102. The van der Waals surface area contributed by atoms with E-state index in [1.165, 1.54) is 14.2 Å². The minimum Gasteiger partial charge on any atom is -0.467 e. The van der Waals surface area contributed by atoms with Gasteiger partial charge in [-0.3, -0.25) is 4.79 Å². The van der Waals surface area contributed by atoms with Gasteiger partial charge in [0, 0.05) is 20.2 Å². The number of hydrogen-bond donors (Lipinski definition) is 1. The summed E-state index contributed by atoms with van der Waals surface area (Å²) in [7, 11) is 2.85. The first kappa shape index (κ1) is 13.9. The molecule has 1 aliphatic heterocycles. The molecular weight excluding hydrogens is 224 g/mol. The summed E-state index contributed by atoms with van der Waals surface area (Å²) in [5.74, 6) is -0.451. The number of nitrogens with zero attached hydrogens (tertiary/aromatic N) is 1. The monoisotopic (exact) mass is 244 g/mol. The van der Waals surface area contributed by atoms with Crippen LogP contribution in [-0.4, -0.2) is 56.2 Å². The number of carbonyl (C=O) groups is 2. The summed E-state index contributed by atoms with van der Waals surface area (Å²) in [4.78, 5) is 25.0. The molecule has 0 spiro atoms. The van der Waals surface area contributed by atoms with Crippen molar-refractivity contribution in [2.45, 2.75) is 31.4 Å². The van der Waals surface area contributed by atoms with E-state index >= 15 is 0 Å². The van der Waals surface area contributed by atoms with Gasteiger partial charge in [0.15, 0.2) is 0 Å². The van der Waals surface area contributed by atoms with Crippen LogP contribution in [0.1, 0.15) is 19.3 Å². The molecule has 6 nitrogen and oxygen atoms in total. The zero-order valence-corrected chi connectivity index (χ0v) is 10.3. The average molecular weight is 244 g/mol. The Kier molecular flexibility index (Phi) is 5.37. The van der Waals surface area contributed by atoms with Gasteiger partial charge in [-0.1, -0.05) is 0 Å². The maximum absolute atomic E-state index is 12.0. The van der Waals surface area contributed by atoms with Gasteiger partial charge in [0.1, 0.15) is 6.04 Å². The third-order valence-corrected chi connectivity index (χ3v) is 3.04. The number of carbonyl (C=O) groups excluding carboxylic acids is 2. The molecule has 0 aromatic rings. The third-order valence-electron chi connectivity index (χ3n) is 3.04. The molecular formula is C11H20N2O4. The summed E-state index contributed by atoms with van der Waals surface area (Å²) >= 11 is 0. The van der Waals surface area contributed by atoms with Gasteiger partial charge in [-0.2, -0.15) is 0 Å². The van der Waals surface area contributed by atoms with Crippen molar-refractivity contribution in [3.05, 3.63) is 0 Å². The Morgan fingerprint density at radius 1 is 1.47 bits per heavy atom. The Morgan fingerprint density at radius 2 is 2.18 bits per heavy atom. The topological polar surface area (TPSA) is 81.9 Å². The fraction of sp³-hybridized carbons (Fsp3) is 0.818. The lowest BCUT2D eigenvalue weighted by Crippen LogP contribution is -2.43. The lowest BCUT2D eigenvalue weighted by Gasteiger charge is -2.24. The average Bonchev–Trinajstić information content (AvgIpc) is 2.83. The van der Waals surface area contributed by atoms with E-state index in [0.29, 0.717) is 19.5 Å². The fourth-order valence-corrected chi connectivity index (χ4v) is 2.02. The van der Waals surface area contributed by atoms with Gasteiger partial charge in [-0.25, -0.2) is 4.79 Å². The molecule has 0 aromatic heterocycles. The molecule has 0 bridgehead atoms. The van der Waals surface area contributed by atoms with Crippen molar-refractivity contribution in [1.29, 1.82) is 0 Å². The van der Waals surface area contributed by atoms with Crippen LogP contribution in [0.3, 0.4) is 0 Å².